The van der Waals surface area contributed by atoms with Crippen molar-refractivity contribution in [2.24, 2.45) is 11.3 Å². The number of carbonyl (C=O) groups excluding carboxylic acids is 1. The number of nitrogens with one attached hydrogen (secondary N) is 1. The van der Waals surface area contributed by atoms with Crippen molar-refractivity contribution in [3.63, 3.8) is 0 Å². The molecule has 0 aliphatic heterocycles. The highest BCUT2D eigenvalue weighted by atomic mass is 16.1. The molecule has 2 aliphatic carbocycles. The largest absolute Gasteiger partial charge is 0.300 e. The molecule has 2 aliphatic rings. The first kappa shape index (κ1) is 13.7. The van der Waals surface area contributed by atoms with E-state index in [9.17, 15) is 9.59 Å². The van der Waals surface area contributed by atoms with E-state index < -0.39 is 0 Å². The molecular weight excluding hydrogens is 276 g/mol. The van der Waals surface area contributed by atoms with Gasteiger partial charge in [-0.05, 0) is 50.0 Å². The predicted molar refractivity (Wildman–Crippen MR) is 84.8 cm³/mol. The van der Waals surface area contributed by atoms with Crippen LogP contribution in [0.25, 0.3) is 10.8 Å². The fraction of sp³-hybridized carbons (Fsp3) is 0.500. The molecule has 1 spiro atoms. The minimum Gasteiger partial charge on any atom is -0.300 e. The Balaban J connectivity index is 1.52. The molecule has 1 heterocycles. The van der Waals surface area contributed by atoms with E-state index in [1.54, 1.807) is 6.92 Å². The highest BCUT2D eigenvalue weighted by molar-refractivity contribution is 5.84. The molecule has 2 fully saturated rings. The number of H-pyrrole nitrogens is 1. The van der Waals surface area contributed by atoms with Crippen molar-refractivity contribution in [1.82, 2.24) is 10.2 Å². The molecule has 0 amide bonds. The van der Waals surface area contributed by atoms with Crippen molar-refractivity contribution in [2.45, 2.75) is 44.9 Å². The summed E-state index contributed by atoms with van der Waals surface area (Å²) >= 11 is 0. The second-order valence-corrected chi connectivity index (χ2v) is 7.27. The van der Waals surface area contributed by atoms with Gasteiger partial charge >= 0.3 is 0 Å². The van der Waals surface area contributed by atoms with Gasteiger partial charge in [-0.25, -0.2) is 5.10 Å². The van der Waals surface area contributed by atoms with Gasteiger partial charge in [-0.2, -0.15) is 5.10 Å². The Bertz CT molecular complexity index is 794. The van der Waals surface area contributed by atoms with E-state index in [0.717, 1.165) is 35.7 Å². The standard InChI is InChI=1S/C18H20N2O2/c1-11(21)6-12-7-18(8-12)9-13(10-18)16-14-4-2-3-5-15(14)17(22)20-19-16/h2-5,12-13H,6-10H2,1H3,(H,20,22). The maximum absolute atomic E-state index is 11.9. The van der Waals surface area contributed by atoms with Gasteiger partial charge in [0.2, 0.25) is 0 Å². The van der Waals surface area contributed by atoms with Crippen molar-refractivity contribution in [1.29, 1.82) is 0 Å². The Morgan fingerprint density at radius 3 is 2.59 bits per heavy atom. The van der Waals surface area contributed by atoms with E-state index in [0.29, 0.717) is 23.0 Å². The van der Waals surface area contributed by atoms with Crippen LogP contribution in [-0.4, -0.2) is 16.0 Å². The lowest BCUT2D eigenvalue weighted by Crippen LogP contribution is -2.47. The van der Waals surface area contributed by atoms with Gasteiger partial charge in [0.05, 0.1) is 11.1 Å². The molecule has 2 saturated carbocycles. The number of aromatic amines is 1. The van der Waals surface area contributed by atoms with Crippen LogP contribution in [0.15, 0.2) is 29.1 Å². The summed E-state index contributed by atoms with van der Waals surface area (Å²) in [6.45, 7) is 1.69. The van der Waals surface area contributed by atoms with Gasteiger partial charge in [0.15, 0.2) is 0 Å². The quantitative estimate of drug-likeness (QED) is 0.946. The molecule has 0 radical (unpaired) electrons. The summed E-state index contributed by atoms with van der Waals surface area (Å²) in [5.74, 6) is 1.35. The normalized spacial score (nSPS) is 30.0. The number of hydrogen-bond donors (Lipinski definition) is 1. The Morgan fingerprint density at radius 1 is 1.23 bits per heavy atom. The molecule has 0 unspecified atom stereocenters. The molecule has 1 aromatic carbocycles. The van der Waals surface area contributed by atoms with E-state index in [1.807, 2.05) is 24.3 Å². The van der Waals surface area contributed by atoms with Gasteiger partial charge in [-0.15, -0.1) is 0 Å². The topological polar surface area (TPSA) is 62.8 Å². The SMILES string of the molecule is CC(=O)CC1CC2(C1)CC(c1n[nH]c(=O)c3ccccc13)C2. The maximum Gasteiger partial charge on any atom is 0.272 e. The number of carbonyl (C=O) groups is 1. The minimum absolute atomic E-state index is 0.112. The number of aromatic nitrogens is 2. The van der Waals surface area contributed by atoms with Crippen LogP contribution >= 0.6 is 0 Å². The molecule has 22 heavy (non-hydrogen) atoms. The van der Waals surface area contributed by atoms with Gasteiger partial charge in [-0.1, -0.05) is 18.2 Å². The first-order chi connectivity index (χ1) is 10.6. The zero-order valence-electron chi connectivity index (χ0n) is 12.8. The first-order valence-corrected chi connectivity index (χ1v) is 8.03. The number of Topliss-reactive ketones (excluding diaryl/α,β-unsaturated/α-hetero) is 1. The third-order valence-corrected chi connectivity index (χ3v) is 5.49. The van der Waals surface area contributed by atoms with Gasteiger partial charge in [0.1, 0.15) is 5.78 Å². The van der Waals surface area contributed by atoms with E-state index >= 15 is 0 Å². The van der Waals surface area contributed by atoms with Crippen LogP contribution in [0.1, 0.15) is 50.6 Å². The number of rotatable bonds is 3. The van der Waals surface area contributed by atoms with Crippen LogP contribution in [0.4, 0.5) is 0 Å². The van der Waals surface area contributed by atoms with E-state index in [4.69, 9.17) is 0 Å². The van der Waals surface area contributed by atoms with E-state index in [1.165, 1.54) is 12.8 Å². The minimum atomic E-state index is -0.112. The summed E-state index contributed by atoms with van der Waals surface area (Å²) in [5.41, 5.74) is 1.37. The average Bonchev–Trinajstić information content (AvgIpc) is 2.41. The Kier molecular flexibility index (Phi) is 2.96. The van der Waals surface area contributed by atoms with Crippen molar-refractivity contribution >= 4 is 16.6 Å². The number of fused-ring (bicyclic) bond motifs is 1. The van der Waals surface area contributed by atoms with Crippen LogP contribution in [0, 0.1) is 11.3 Å². The molecule has 1 N–H and O–H groups in total. The fourth-order valence-corrected chi connectivity index (χ4v) is 4.68. The summed E-state index contributed by atoms with van der Waals surface area (Å²) in [6.07, 6.45) is 5.40. The Labute approximate surface area is 128 Å². The van der Waals surface area contributed by atoms with Crippen LogP contribution in [-0.2, 0) is 4.79 Å². The maximum atomic E-state index is 11.9. The molecule has 4 rings (SSSR count). The Hall–Kier alpha value is -1.97. The molecule has 114 valence electrons. The summed E-state index contributed by atoms with van der Waals surface area (Å²) in [5, 5.41) is 8.69. The van der Waals surface area contributed by atoms with Gasteiger partial charge in [0, 0.05) is 17.7 Å². The van der Waals surface area contributed by atoms with Gasteiger partial charge in [-0.3, -0.25) is 4.79 Å². The van der Waals surface area contributed by atoms with Crippen LogP contribution in [0.3, 0.4) is 0 Å². The molecule has 2 aromatic rings. The summed E-state index contributed by atoms with van der Waals surface area (Å²) < 4.78 is 0. The van der Waals surface area contributed by atoms with Crippen molar-refractivity contribution < 1.29 is 4.79 Å². The van der Waals surface area contributed by atoms with Crippen molar-refractivity contribution in [3.8, 4) is 0 Å². The smallest absolute Gasteiger partial charge is 0.272 e. The van der Waals surface area contributed by atoms with Crippen LogP contribution in [0.5, 0.6) is 0 Å². The summed E-state index contributed by atoms with van der Waals surface area (Å²) in [4.78, 5) is 23.0. The molecule has 0 atom stereocenters. The zero-order valence-corrected chi connectivity index (χ0v) is 12.8. The molecule has 4 heteroatoms. The third kappa shape index (κ3) is 2.09. The molecule has 0 bridgehead atoms. The lowest BCUT2D eigenvalue weighted by molar-refractivity contribution is -0.121. The molecular formula is C18H20N2O2. The lowest BCUT2D eigenvalue weighted by Gasteiger charge is -2.57. The lowest BCUT2D eigenvalue weighted by atomic mass is 9.47. The average molecular weight is 296 g/mol. The molecule has 0 saturated heterocycles. The Morgan fingerprint density at radius 2 is 1.91 bits per heavy atom. The highest BCUT2D eigenvalue weighted by Crippen LogP contribution is 2.64. The summed E-state index contributed by atoms with van der Waals surface area (Å²) in [7, 11) is 0. The van der Waals surface area contributed by atoms with Crippen molar-refractivity contribution in [2.75, 3.05) is 0 Å². The number of ketones is 1. The molecule has 1 aromatic heterocycles. The van der Waals surface area contributed by atoms with E-state index in [2.05, 4.69) is 10.2 Å². The van der Waals surface area contributed by atoms with Crippen LogP contribution in [0.2, 0.25) is 0 Å². The second-order valence-electron chi connectivity index (χ2n) is 7.27. The predicted octanol–water partition coefficient (Wildman–Crippen LogP) is 3.18. The molecule has 4 nitrogen and oxygen atoms in total. The monoisotopic (exact) mass is 296 g/mol. The third-order valence-electron chi connectivity index (χ3n) is 5.49. The van der Waals surface area contributed by atoms with E-state index in [-0.39, 0.29) is 5.56 Å². The number of benzene rings is 1. The highest BCUT2D eigenvalue weighted by Gasteiger charge is 2.53. The summed E-state index contributed by atoms with van der Waals surface area (Å²) in [6, 6.07) is 7.72. The number of nitrogens with zero attached hydrogens (tertiary/aromatic N) is 1. The fourth-order valence-electron chi connectivity index (χ4n) is 4.68. The van der Waals surface area contributed by atoms with Gasteiger partial charge < -0.3 is 4.79 Å². The first-order valence-electron chi connectivity index (χ1n) is 8.03. The van der Waals surface area contributed by atoms with Crippen molar-refractivity contribution in [3.05, 3.63) is 40.3 Å². The van der Waals surface area contributed by atoms with Crippen LogP contribution < -0.4 is 5.56 Å². The van der Waals surface area contributed by atoms with Gasteiger partial charge in [0.25, 0.3) is 5.56 Å². The second kappa shape index (κ2) is 4.77. The number of hydrogen-bond acceptors (Lipinski definition) is 3. The zero-order chi connectivity index (χ0) is 15.3.